The van der Waals surface area contributed by atoms with Crippen LogP contribution < -0.4 is 0 Å². The van der Waals surface area contributed by atoms with Gasteiger partial charge in [0, 0.05) is 11.5 Å². The van der Waals surface area contributed by atoms with E-state index in [1.54, 1.807) is 18.2 Å². The Morgan fingerprint density at radius 3 is 2.47 bits per heavy atom. The molecule has 0 atom stereocenters. The maximum Gasteiger partial charge on any atom is 0.265 e. The largest absolute Gasteiger partial charge is 0.288 e. The van der Waals surface area contributed by atoms with Crippen molar-refractivity contribution in [2.75, 3.05) is 14.2 Å². The quantitative estimate of drug-likeness (QED) is 0.800. The molecule has 0 spiro atoms. The van der Waals surface area contributed by atoms with Crippen molar-refractivity contribution in [2.24, 2.45) is 0 Å². The van der Waals surface area contributed by atoms with Gasteiger partial charge in [-0.3, -0.25) is 4.84 Å². The fraction of sp³-hybridized carbons (Fsp3) is 0.333. The maximum absolute atomic E-state index is 11.9. The van der Waals surface area contributed by atoms with Crippen molar-refractivity contribution >= 4 is 26.0 Å². The number of sulfonamides is 1. The molecule has 0 heterocycles. The van der Waals surface area contributed by atoms with E-state index in [1.165, 1.54) is 14.2 Å². The molecular weight excluding hydrogens is 282 g/mol. The molecule has 1 aromatic rings. The second-order valence-electron chi connectivity index (χ2n) is 3.03. The van der Waals surface area contributed by atoms with Crippen molar-refractivity contribution in [2.45, 2.75) is 11.8 Å². The van der Waals surface area contributed by atoms with E-state index in [0.717, 1.165) is 10.0 Å². The van der Waals surface area contributed by atoms with Crippen molar-refractivity contribution in [3.8, 4) is 0 Å². The van der Waals surface area contributed by atoms with Gasteiger partial charge in [0.15, 0.2) is 0 Å². The van der Waals surface area contributed by atoms with Crippen LogP contribution in [0.1, 0.15) is 5.56 Å². The fourth-order valence-electron chi connectivity index (χ4n) is 1.05. The van der Waals surface area contributed by atoms with Crippen LogP contribution in [0.25, 0.3) is 0 Å². The number of aryl methyl sites for hydroxylation is 1. The third kappa shape index (κ3) is 2.57. The van der Waals surface area contributed by atoms with Crippen LogP contribution in [-0.2, 0) is 14.9 Å². The highest BCUT2D eigenvalue weighted by Crippen LogP contribution is 2.25. The first-order valence-electron chi connectivity index (χ1n) is 4.19. The second kappa shape index (κ2) is 4.61. The van der Waals surface area contributed by atoms with Crippen LogP contribution in [0.15, 0.2) is 27.6 Å². The third-order valence-electron chi connectivity index (χ3n) is 1.96. The van der Waals surface area contributed by atoms with E-state index in [2.05, 4.69) is 20.8 Å². The van der Waals surface area contributed by atoms with Gasteiger partial charge in [0.25, 0.3) is 10.0 Å². The number of hydroxylamine groups is 1. The Kier molecular flexibility index (Phi) is 3.88. The molecule has 84 valence electrons. The van der Waals surface area contributed by atoms with Crippen LogP contribution in [0.2, 0.25) is 0 Å². The van der Waals surface area contributed by atoms with Gasteiger partial charge < -0.3 is 0 Å². The number of benzene rings is 1. The lowest BCUT2D eigenvalue weighted by Crippen LogP contribution is -2.26. The highest BCUT2D eigenvalue weighted by atomic mass is 79.9. The van der Waals surface area contributed by atoms with Crippen molar-refractivity contribution in [3.63, 3.8) is 0 Å². The molecule has 0 bridgehead atoms. The van der Waals surface area contributed by atoms with Gasteiger partial charge >= 0.3 is 0 Å². The lowest BCUT2D eigenvalue weighted by Gasteiger charge is -2.15. The Morgan fingerprint density at radius 1 is 1.40 bits per heavy atom. The molecule has 0 aliphatic rings. The summed E-state index contributed by atoms with van der Waals surface area (Å²) in [6.45, 7) is 1.89. The summed E-state index contributed by atoms with van der Waals surface area (Å²) in [6.07, 6.45) is 0. The molecule has 1 aromatic carbocycles. The summed E-state index contributed by atoms with van der Waals surface area (Å²) >= 11 is 3.22. The van der Waals surface area contributed by atoms with Crippen molar-refractivity contribution in [1.29, 1.82) is 0 Å². The summed E-state index contributed by atoms with van der Waals surface area (Å²) in [4.78, 5) is 4.87. The normalized spacial score (nSPS) is 12.1. The summed E-state index contributed by atoms with van der Waals surface area (Å²) < 4.78 is 25.1. The monoisotopic (exact) mass is 293 g/mol. The molecule has 0 saturated carbocycles. The minimum absolute atomic E-state index is 0.192. The summed E-state index contributed by atoms with van der Waals surface area (Å²) in [6, 6.07) is 5.03. The van der Waals surface area contributed by atoms with E-state index in [4.69, 9.17) is 0 Å². The average Bonchev–Trinajstić information content (AvgIpc) is 2.15. The zero-order valence-electron chi connectivity index (χ0n) is 8.69. The van der Waals surface area contributed by atoms with Crippen molar-refractivity contribution < 1.29 is 13.3 Å². The van der Waals surface area contributed by atoms with Crippen LogP contribution in [-0.4, -0.2) is 27.0 Å². The third-order valence-corrected chi connectivity index (χ3v) is 4.62. The van der Waals surface area contributed by atoms with Gasteiger partial charge in [-0.05, 0) is 40.5 Å². The summed E-state index contributed by atoms with van der Waals surface area (Å²) in [7, 11) is -0.918. The predicted molar refractivity (Wildman–Crippen MR) is 60.8 cm³/mol. The Balaban J connectivity index is 3.28. The molecule has 4 nitrogen and oxygen atoms in total. The topological polar surface area (TPSA) is 46.6 Å². The van der Waals surface area contributed by atoms with Crippen LogP contribution in [0.5, 0.6) is 0 Å². The summed E-state index contributed by atoms with van der Waals surface area (Å²) in [5.74, 6) is 0. The molecule has 0 fully saturated rings. The standard InChI is InChI=1S/C9H12BrNO3S/c1-7-4-5-9(8(10)6-7)15(12,13)11(2)14-3/h4-6H,1-3H3. The molecule has 6 heteroatoms. The van der Waals surface area contributed by atoms with Gasteiger partial charge in [0.05, 0.1) is 12.0 Å². The van der Waals surface area contributed by atoms with Gasteiger partial charge in [-0.1, -0.05) is 10.5 Å². The molecule has 0 unspecified atom stereocenters. The minimum atomic E-state index is -3.57. The lowest BCUT2D eigenvalue weighted by molar-refractivity contribution is -0.0259. The molecule has 0 amide bonds. The summed E-state index contributed by atoms with van der Waals surface area (Å²) in [5.41, 5.74) is 0.987. The number of rotatable bonds is 3. The fourth-order valence-corrected chi connectivity index (χ4v) is 3.18. The Labute approximate surface area is 98.0 Å². The molecule has 0 saturated heterocycles. The molecule has 1 rings (SSSR count). The van der Waals surface area contributed by atoms with Gasteiger partial charge in [-0.25, -0.2) is 8.42 Å². The minimum Gasteiger partial charge on any atom is -0.288 e. The van der Waals surface area contributed by atoms with Crippen LogP contribution in [0.3, 0.4) is 0 Å². The van der Waals surface area contributed by atoms with Gasteiger partial charge in [0.1, 0.15) is 0 Å². The zero-order chi connectivity index (χ0) is 11.6. The van der Waals surface area contributed by atoms with E-state index in [9.17, 15) is 8.42 Å². The number of halogens is 1. The maximum atomic E-state index is 11.9. The van der Waals surface area contributed by atoms with Crippen LogP contribution in [0.4, 0.5) is 0 Å². The number of hydrogen-bond acceptors (Lipinski definition) is 3. The van der Waals surface area contributed by atoms with Crippen LogP contribution >= 0.6 is 15.9 Å². The first-order valence-corrected chi connectivity index (χ1v) is 6.42. The molecule has 0 N–H and O–H groups in total. The molecule has 0 aliphatic heterocycles. The average molecular weight is 294 g/mol. The highest BCUT2D eigenvalue weighted by Gasteiger charge is 2.23. The van der Waals surface area contributed by atoms with Gasteiger partial charge in [-0.15, -0.1) is 0 Å². The Morgan fingerprint density at radius 2 is 2.00 bits per heavy atom. The van der Waals surface area contributed by atoms with Gasteiger partial charge in [-0.2, -0.15) is 0 Å². The highest BCUT2D eigenvalue weighted by molar-refractivity contribution is 9.10. The molecule has 0 aromatic heterocycles. The molecule has 15 heavy (non-hydrogen) atoms. The first-order chi connectivity index (χ1) is 6.89. The lowest BCUT2D eigenvalue weighted by atomic mass is 10.2. The number of nitrogens with zero attached hydrogens (tertiary/aromatic N) is 1. The zero-order valence-corrected chi connectivity index (χ0v) is 11.1. The van der Waals surface area contributed by atoms with Crippen molar-refractivity contribution in [3.05, 3.63) is 28.2 Å². The van der Waals surface area contributed by atoms with Crippen LogP contribution in [0, 0.1) is 6.92 Å². The van der Waals surface area contributed by atoms with E-state index >= 15 is 0 Å². The molecular formula is C9H12BrNO3S. The Bertz CT molecular complexity index is 458. The SMILES string of the molecule is CON(C)S(=O)(=O)c1ccc(C)cc1Br. The van der Waals surface area contributed by atoms with Crippen molar-refractivity contribution in [1.82, 2.24) is 4.47 Å². The number of hydrogen-bond donors (Lipinski definition) is 0. The van der Waals surface area contributed by atoms with E-state index in [-0.39, 0.29) is 4.90 Å². The molecule has 0 aliphatic carbocycles. The van der Waals surface area contributed by atoms with E-state index in [1.807, 2.05) is 6.92 Å². The predicted octanol–water partition coefficient (Wildman–Crippen LogP) is 1.94. The van der Waals surface area contributed by atoms with E-state index in [0.29, 0.717) is 4.47 Å². The second-order valence-corrected chi connectivity index (χ2v) is 5.79. The van der Waals surface area contributed by atoms with Gasteiger partial charge in [0.2, 0.25) is 0 Å². The van der Waals surface area contributed by atoms with E-state index < -0.39 is 10.0 Å². The molecule has 0 radical (unpaired) electrons. The summed E-state index contributed by atoms with van der Waals surface area (Å²) in [5, 5.41) is 0. The first kappa shape index (κ1) is 12.6. The smallest absolute Gasteiger partial charge is 0.265 e. The Hall–Kier alpha value is -0.430.